The van der Waals surface area contributed by atoms with Crippen molar-refractivity contribution in [2.24, 2.45) is 5.92 Å². The Bertz CT molecular complexity index is 379. The van der Waals surface area contributed by atoms with E-state index in [1.807, 2.05) is 6.08 Å². The van der Waals surface area contributed by atoms with E-state index in [9.17, 15) is 4.79 Å². The highest BCUT2D eigenvalue weighted by Gasteiger charge is 2.09. The summed E-state index contributed by atoms with van der Waals surface area (Å²) in [5, 5.41) is 0. The van der Waals surface area contributed by atoms with Gasteiger partial charge in [0.25, 0.3) is 0 Å². The summed E-state index contributed by atoms with van der Waals surface area (Å²) in [6.45, 7) is 7.83. The van der Waals surface area contributed by atoms with Gasteiger partial charge in [-0.3, -0.25) is 4.79 Å². The van der Waals surface area contributed by atoms with Crippen molar-refractivity contribution < 1.29 is 9.53 Å². The molecule has 2 nitrogen and oxygen atoms in total. The second kappa shape index (κ2) is 7.70. The van der Waals surface area contributed by atoms with Gasteiger partial charge in [-0.1, -0.05) is 35.9 Å². The predicted octanol–water partition coefficient (Wildman–Crippen LogP) is 3.68. The van der Waals surface area contributed by atoms with E-state index < -0.39 is 0 Å². The first-order valence-corrected chi connectivity index (χ1v) is 6.41. The van der Waals surface area contributed by atoms with Crippen LogP contribution in [0.2, 0.25) is 0 Å². The number of allylic oxidation sites excluding steroid dienone is 1. The van der Waals surface area contributed by atoms with Crippen molar-refractivity contribution in [1.82, 2.24) is 0 Å². The molecule has 0 N–H and O–H groups in total. The van der Waals surface area contributed by atoms with Gasteiger partial charge < -0.3 is 4.74 Å². The number of hydrogen-bond donors (Lipinski definition) is 0. The van der Waals surface area contributed by atoms with Crippen molar-refractivity contribution in [2.75, 3.05) is 6.61 Å². The molecular formula is C16H22O2. The third-order valence-corrected chi connectivity index (χ3v) is 2.98. The molecule has 1 unspecified atom stereocenters. The molecule has 0 aromatic heterocycles. The summed E-state index contributed by atoms with van der Waals surface area (Å²) in [6, 6.07) is 8.59. The van der Waals surface area contributed by atoms with Crippen LogP contribution in [-0.4, -0.2) is 12.6 Å². The first kappa shape index (κ1) is 14.5. The summed E-state index contributed by atoms with van der Waals surface area (Å²) in [4.78, 5) is 10.7. The minimum Gasteiger partial charge on any atom is -0.466 e. The van der Waals surface area contributed by atoms with E-state index in [0.717, 1.165) is 19.3 Å². The quantitative estimate of drug-likeness (QED) is 0.542. The van der Waals surface area contributed by atoms with Gasteiger partial charge in [0.05, 0.1) is 6.61 Å². The van der Waals surface area contributed by atoms with Crippen LogP contribution in [0.4, 0.5) is 0 Å². The Morgan fingerprint density at radius 3 is 2.61 bits per heavy atom. The van der Waals surface area contributed by atoms with Gasteiger partial charge in [-0.25, -0.2) is 0 Å². The Kier molecular flexibility index (Phi) is 6.20. The maximum atomic E-state index is 10.7. The lowest BCUT2D eigenvalue weighted by molar-refractivity contribution is -0.141. The van der Waals surface area contributed by atoms with Crippen molar-refractivity contribution in [2.45, 2.75) is 33.1 Å². The molecule has 0 saturated heterocycles. The average Bonchev–Trinajstić information content (AvgIpc) is 2.32. The molecule has 1 aromatic rings. The van der Waals surface area contributed by atoms with Gasteiger partial charge in [0, 0.05) is 6.92 Å². The van der Waals surface area contributed by atoms with Gasteiger partial charge in [0.2, 0.25) is 0 Å². The zero-order valence-corrected chi connectivity index (χ0v) is 11.3. The maximum absolute atomic E-state index is 10.7. The number of ether oxygens (including phenoxy) is 1. The standard InChI is InChI=1S/C16H22O2/c1-4-5-15(10-11-18-14(3)17)12-16-8-6-13(2)7-9-16/h4,6-9,15H,1,5,10-12H2,2-3H3. The van der Waals surface area contributed by atoms with Gasteiger partial charge >= 0.3 is 5.97 Å². The molecule has 0 aliphatic carbocycles. The number of carbonyl (C=O) groups is 1. The number of rotatable bonds is 7. The second-order valence-electron chi connectivity index (χ2n) is 4.71. The smallest absolute Gasteiger partial charge is 0.302 e. The molecular weight excluding hydrogens is 224 g/mol. The second-order valence-corrected chi connectivity index (χ2v) is 4.71. The first-order valence-electron chi connectivity index (χ1n) is 6.41. The van der Waals surface area contributed by atoms with E-state index >= 15 is 0 Å². The van der Waals surface area contributed by atoms with E-state index in [1.54, 1.807) is 0 Å². The molecule has 1 aromatic carbocycles. The van der Waals surface area contributed by atoms with E-state index in [0.29, 0.717) is 12.5 Å². The Hall–Kier alpha value is -1.57. The van der Waals surface area contributed by atoms with E-state index in [2.05, 4.69) is 37.8 Å². The molecule has 98 valence electrons. The highest BCUT2D eigenvalue weighted by atomic mass is 16.5. The molecule has 0 spiro atoms. The molecule has 0 radical (unpaired) electrons. The lowest BCUT2D eigenvalue weighted by atomic mass is 9.93. The summed E-state index contributed by atoms with van der Waals surface area (Å²) >= 11 is 0. The fraction of sp³-hybridized carbons (Fsp3) is 0.438. The Labute approximate surface area is 110 Å². The molecule has 0 aliphatic rings. The summed E-state index contributed by atoms with van der Waals surface area (Å²) in [5.74, 6) is 0.284. The summed E-state index contributed by atoms with van der Waals surface area (Å²) in [6.07, 6.45) is 4.79. The first-order chi connectivity index (χ1) is 8.61. The van der Waals surface area contributed by atoms with Gasteiger partial charge in [-0.05, 0) is 37.7 Å². The van der Waals surface area contributed by atoms with Crippen LogP contribution in [0.3, 0.4) is 0 Å². The molecule has 1 atom stereocenters. The molecule has 0 aliphatic heterocycles. The normalized spacial score (nSPS) is 11.9. The van der Waals surface area contributed by atoms with E-state index in [1.165, 1.54) is 18.1 Å². The molecule has 18 heavy (non-hydrogen) atoms. The predicted molar refractivity (Wildman–Crippen MR) is 74.4 cm³/mol. The molecule has 1 rings (SSSR count). The van der Waals surface area contributed by atoms with E-state index in [4.69, 9.17) is 4.74 Å². The van der Waals surface area contributed by atoms with Crippen LogP contribution in [-0.2, 0) is 16.0 Å². The van der Waals surface area contributed by atoms with Gasteiger partial charge in [-0.2, -0.15) is 0 Å². The van der Waals surface area contributed by atoms with Crippen LogP contribution in [0.15, 0.2) is 36.9 Å². The van der Waals surface area contributed by atoms with Crippen LogP contribution >= 0.6 is 0 Å². The highest BCUT2D eigenvalue weighted by Crippen LogP contribution is 2.17. The SMILES string of the molecule is C=CCC(CCOC(C)=O)Cc1ccc(C)cc1. The van der Waals surface area contributed by atoms with Crippen molar-refractivity contribution in [3.8, 4) is 0 Å². The Balaban J connectivity index is 2.48. The number of hydrogen-bond acceptors (Lipinski definition) is 2. The van der Waals surface area contributed by atoms with Gasteiger partial charge in [0.15, 0.2) is 0 Å². The van der Waals surface area contributed by atoms with Crippen molar-refractivity contribution in [1.29, 1.82) is 0 Å². The monoisotopic (exact) mass is 246 g/mol. The fourth-order valence-electron chi connectivity index (χ4n) is 1.97. The summed E-state index contributed by atoms with van der Waals surface area (Å²) < 4.78 is 5.00. The van der Waals surface area contributed by atoms with Crippen LogP contribution in [0.5, 0.6) is 0 Å². The largest absolute Gasteiger partial charge is 0.466 e. The molecule has 0 saturated carbocycles. The fourth-order valence-corrected chi connectivity index (χ4v) is 1.97. The van der Waals surface area contributed by atoms with Crippen LogP contribution in [0, 0.1) is 12.8 Å². The van der Waals surface area contributed by atoms with Crippen molar-refractivity contribution in [3.05, 3.63) is 48.0 Å². The number of aryl methyl sites for hydroxylation is 1. The molecule has 0 bridgehead atoms. The lowest BCUT2D eigenvalue weighted by Crippen LogP contribution is -2.10. The van der Waals surface area contributed by atoms with Crippen molar-refractivity contribution in [3.63, 3.8) is 0 Å². The maximum Gasteiger partial charge on any atom is 0.302 e. The number of esters is 1. The summed E-state index contributed by atoms with van der Waals surface area (Å²) in [5.41, 5.74) is 2.61. The van der Waals surface area contributed by atoms with Crippen molar-refractivity contribution >= 4 is 5.97 Å². The van der Waals surface area contributed by atoms with Gasteiger partial charge in [0.1, 0.15) is 0 Å². The summed E-state index contributed by atoms with van der Waals surface area (Å²) in [7, 11) is 0. The highest BCUT2D eigenvalue weighted by molar-refractivity contribution is 5.65. The molecule has 0 fully saturated rings. The number of benzene rings is 1. The zero-order chi connectivity index (χ0) is 13.4. The zero-order valence-electron chi connectivity index (χ0n) is 11.3. The minimum atomic E-state index is -0.206. The topological polar surface area (TPSA) is 26.3 Å². The Morgan fingerprint density at radius 1 is 1.39 bits per heavy atom. The van der Waals surface area contributed by atoms with Crippen LogP contribution in [0.25, 0.3) is 0 Å². The van der Waals surface area contributed by atoms with Gasteiger partial charge in [-0.15, -0.1) is 6.58 Å². The molecule has 2 heteroatoms. The molecule has 0 amide bonds. The van der Waals surface area contributed by atoms with Crippen LogP contribution < -0.4 is 0 Å². The average molecular weight is 246 g/mol. The van der Waals surface area contributed by atoms with E-state index in [-0.39, 0.29) is 5.97 Å². The minimum absolute atomic E-state index is 0.206. The Morgan fingerprint density at radius 2 is 2.06 bits per heavy atom. The number of carbonyl (C=O) groups excluding carboxylic acids is 1. The van der Waals surface area contributed by atoms with Crippen LogP contribution in [0.1, 0.15) is 30.9 Å². The third-order valence-electron chi connectivity index (χ3n) is 2.98. The lowest BCUT2D eigenvalue weighted by Gasteiger charge is -2.15. The third kappa shape index (κ3) is 5.67. The molecule has 0 heterocycles.